The smallest absolute Gasteiger partial charge is 0.242 e. The second-order valence-electron chi connectivity index (χ2n) is 5.08. The van der Waals surface area contributed by atoms with Gasteiger partial charge in [-0.3, -0.25) is 9.59 Å². The lowest BCUT2D eigenvalue weighted by molar-refractivity contribution is -0.126. The summed E-state index contributed by atoms with van der Waals surface area (Å²) in [6, 6.07) is -0.223. The molecule has 17 heavy (non-hydrogen) atoms. The maximum atomic E-state index is 11.9. The average molecular weight is 239 g/mol. The normalized spacial score (nSPS) is 33.9. The van der Waals surface area contributed by atoms with Gasteiger partial charge in [-0.05, 0) is 19.3 Å². The van der Waals surface area contributed by atoms with Gasteiger partial charge in [-0.15, -0.1) is 0 Å². The predicted octanol–water partition coefficient (Wildman–Crippen LogP) is 0.0412. The van der Waals surface area contributed by atoms with Gasteiger partial charge in [-0.1, -0.05) is 19.3 Å². The van der Waals surface area contributed by atoms with Gasteiger partial charge in [0, 0.05) is 18.5 Å². The Morgan fingerprint density at radius 1 is 1.24 bits per heavy atom. The van der Waals surface area contributed by atoms with Gasteiger partial charge in [0.2, 0.25) is 11.8 Å². The number of nitrogens with one attached hydrogen (secondary N) is 2. The van der Waals surface area contributed by atoms with Gasteiger partial charge in [0.05, 0.1) is 0 Å². The zero-order valence-corrected chi connectivity index (χ0v) is 10.1. The minimum Gasteiger partial charge on any atom is -0.350 e. The van der Waals surface area contributed by atoms with Crippen LogP contribution in [-0.4, -0.2) is 29.9 Å². The number of rotatable bonds is 2. The summed E-state index contributed by atoms with van der Waals surface area (Å²) >= 11 is 0. The molecule has 2 amide bonds. The van der Waals surface area contributed by atoms with Crippen LogP contribution in [0.4, 0.5) is 0 Å². The second kappa shape index (κ2) is 5.49. The molecule has 2 unspecified atom stereocenters. The molecule has 96 valence electrons. The number of carbonyl (C=O) groups excluding carboxylic acids is 2. The van der Waals surface area contributed by atoms with E-state index >= 15 is 0 Å². The van der Waals surface area contributed by atoms with Crippen LogP contribution < -0.4 is 16.4 Å². The largest absolute Gasteiger partial charge is 0.350 e. The number of amides is 2. The van der Waals surface area contributed by atoms with Gasteiger partial charge in [-0.2, -0.15) is 0 Å². The third-order valence-corrected chi connectivity index (χ3v) is 3.71. The molecule has 2 aliphatic rings. The zero-order valence-electron chi connectivity index (χ0n) is 10.1. The fourth-order valence-electron chi connectivity index (χ4n) is 2.61. The molecule has 3 atom stereocenters. The first kappa shape index (κ1) is 12.4. The Bertz CT molecular complexity index is 306. The van der Waals surface area contributed by atoms with Gasteiger partial charge in [0.15, 0.2) is 0 Å². The average Bonchev–Trinajstić information content (AvgIpc) is 2.63. The fourth-order valence-corrected chi connectivity index (χ4v) is 2.61. The molecule has 1 saturated heterocycles. The summed E-state index contributed by atoms with van der Waals surface area (Å²) in [6.07, 6.45) is 6.45. The summed E-state index contributed by atoms with van der Waals surface area (Å²) < 4.78 is 0. The lowest BCUT2D eigenvalue weighted by Gasteiger charge is -2.24. The molecule has 0 aromatic heterocycles. The molecule has 0 aromatic rings. The van der Waals surface area contributed by atoms with Crippen LogP contribution in [0, 0.1) is 0 Å². The van der Waals surface area contributed by atoms with Crippen molar-refractivity contribution >= 4 is 11.8 Å². The lowest BCUT2D eigenvalue weighted by Crippen LogP contribution is -2.52. The number of carbonyl (C=O) groups is 2. The van der Waals surface area contributed by atoms with Crippen molar-refractivity contribution in [1.82, 2.24) is 10.6 Å². The van der Waals surface area contributed by atoms with Crippen molar-refractivity contribution in [3.8, 4) is 0 Å². The van der Waals surface area contributed by atoms with E-state index in [4.69, 9.17) is 5.73 Å². The second-order valence-corrected chi connectivity index (χ2v) is 5.08. The van der Waals surface area contributed by atoms with E-state index in [0.717, 1.165) is 25.7 Å². The molecule has 1 aliphatic carbocycles. The van der Waals surface area contributed by atoms with E-state index in [1.54, 1.807) is 0 Å². The van der Waals surface area contributed by atoms with Crippen molar-refractivity contribution in [3.63, 3.8) is 0 Å². The molecule has 2 fully saturated rings. The molecule has 1 aliphatic heterocycles. The molecular weight excluding hydrogens is 218 g/mol. The Labute approximate surface area is 102 Å². The summed E-state index contributed by atoms with van der Waals surface area (Å²) in [6.45, 7) is 0. The first-order chi connectivity index (χ1) is 8.16. The molecule has 0 spiro atoms. The Balaban J connectivity index is 1.86. The van der Waals surface area contributed by atoms with Crippen molar-refractivity contribution in [1.29, 1.82) is 0 Å². The maximum absolute atomic E-state index is 11.9. The highest BCUT2D eigenvalue weighted by atomic mass is 16.2. The van der Waals surface area contributed by atoms with Crippen LogP contribution in [0.25, 0.3) is 0 Å². The van der Waals surface area contributed by atoms with Crippen LogP contribution in [0.5, 0.6) is 0 Å². The van der Waals surface area contributed by atoms with Crippen molar-refractivity contribution in [2.45, 2.75) is 63.1 Å². The summed E-state index contributed by atoms with van der Waals surface area (Å²) in [5, 5.41) is 5.67. The van der Waals surface area contributed by atoms with Gasteiger partial charge >= 0.3 is 0 Å². The molecule has 5 nitrogen and oxygen atoms in total. The standard InChI is InChI=1S/C12H21N3O2/c13-8-4-2-1-3-5-9(8)15-12(17)10-6-7-11(16)14-10/h8-10H,1-7,13H2,(H,14,16)(H,15,17)/t8?,9?,10-/m1/s1. The highest BCUT2D eigenvalue weighted by molar-refractivity contribution is 5.90. The first-order valence-corrected chi connectivity index (χ1v) is 6.52. The lowest BCUT2D eigenvalue weighted by atomic mass is 10.0. The minimum absolute atomic E-state index is 0.0321. The number of nitrogens with two attached hydrogens (primary N) is 1. The van der Waals surface area contributed by atoms with Crippen molar-refractivity contribution in [2.24, 2.45) is 5.73 Å². The first-order valence-electron chi connectivity index (χ1n) is 6.52. The molecular formula is C12H21N3O2. The molecule has 1 saturated carbocycles. The van der Waals surface area contributed by atoms with Crippen LogP contribution in [0.15, 0.2) is 0 Å². The zero-order chi connectivity index (χ0) is 12.3. The van der Waals surface area contributed by atoms with Crippen molar-refractivity contribution in [3.05, 3.63) is 0 Å². The Morgan fingerprint density at radius 3 is 2.71 bits per heavy atom. The maximum Gasteiger partial charge on any atom is 0.242 e. The van der Waals surface area contributed by atoms with Crippen LogP contribution in [0.3, 0.4) is 0 Å². The summed E-state index contributed by atoms with van der Waals surface area (Å²) in [4.78, 5) is 23.0. The van der Waals surface area contributed by atoms with Gasteiger partial charge in [-0.25, -0.2) is 0 Å². The predicted molar refractivity (Wildman–Crippen MR) is 64.2 cm³/mol. The summed E-state index contributed by atoms with van der Waals surface area (Å²) in [5.74, 6) is -0.103. The molecule has 4 N–H and O–H groups in total. The highest BCUT2D eigenvalue weighted by Gasteiger charge is 2.30. The third-order valence-electron chi connectivity index (χ3n) is 3.71. The monoisotopic (exact) mass is 239 g/mol. The topological polar surface area (TPSA) is 84.2 Å². The molecule has 2 rings (SSSR count). The van der Waals surface area contributed by atoms with E-state index in [-0.39, 0.29) is 29.9 Å². The van der Waals surface area contributed by atoms with Crippen LogP contribution in [0.2, 0.25) is 0 Å². The van der Waals surface area contributed by atoms with E-state index in [1.807, 2.05) is 0 Å². The third kappa shape index (κ3) is 3.19. The Kier molecular flexibility index (Phi) is 3.99. The van der Waals surface area contributed by atoms with Crippen LogP contribution in [0.1, 0.15) is 44.9 Å². The summed E-state index contributed by atoms with van der Waals surface area (Å²) in [5.41, 5.74) is 6.05. The van der Waals surface area contributed by atoms with Gasteiger partial charge in [0.1, 0.15) is 6.04 Å². The molecule has 0 radical (unpaired) electrons. The molecule has 5 heteroatoms. The van der Waals surface area contributed by atoms with Crippen LogP contribution >= 0.6 is 0 Å². The van der Waals surface area contributed by atoms with E-state index in [1.165, 1.54) is 6.42 Å². The van der Waals surface area contributed by atoms with Gasteiger partial charge < -0.3 is 16.4 Å². The molecule has 0 aromatic carbocycles. The number of hydrogen-bond acceptors (Lipinski definition) is 3. The van der Waals surface area contributed by atoms with E-state index in [2.05, 4.69) is 10.6 Å². The van der Waals surface area contributed by atoms with Crippen molar-refractivity contribution in [2.75, 3.05) is 0 Å². The minimum atomic E-state index is -0.349. The quantitative estimate of drug-likeness (QED) is 0.595. The Morgan fingerprint density at radius 2 is 2.00 bits per heavy atom. The fraction of sp³-hybridized carbons (Fsp3) is 0.833. The molecule has 0 bridgehead atoms. The van der Waals surface area contributed by atoms with E-state index < -0.39 is 0 Å². The van der Waals surface area contributed by atoms with Gasteiger partial charge in [0.25, 0.3) is 0 Å². The Hall–Kier alpha value is -1.10. The van der Waals surface area contributed by atoms with E-state index in [0.29, 0.717) is 12.8 Å². The highest BCUT2D eigenvalue weighted by Crippen LogP contribution is 2.17. The van der Waals surface area contributed by atoms with E-state index in [9.17, 15) is 9.59 Å². The number of hydrogen-bond donors (Lipinski definition) is 3. The SMILES string of the molecule is NC1CCCCCC1NC(=O)[C@H]1CCC(=O)N1. The van der Waals surface area contributed by atoms with Crippen molar-refractivity contribution < 1.29 is 9.59 Å². The summed E-state index contributed by atoms with van der Waals surface area (Å²) in [7, 11) is 0. The molecule has 1 heterocycles. The van der Waals surface area contributed by atoms with Crippen LogP contribution in [-0.2, 0) is 9.59 Å².